The number of carbonyl (C=O) groups is 2. The molecule has 1 aliphatic rings. The fourth-order valence-corrected chi connectivity index (χ4v) is 2.98. The number of nitrogens with zero attached hydrogens (tertiary/aromatic N) is 3. The highest BCUT2D eigenvalue weighted by molar-refractivity contribution is 5.86. The molecule has 2 atom stereocenters. The fraction of sp³-hybridized carbons (Fsp3) is 0.222. The van der Waals surface area contributed by atoms with E-state index in [0.717, 1.165) is 5.56 Å². The summed E-state index contributed by atoms with van der Waals surface area (Å²) >= 11 is 0. The largest absolute Gasteiger partial charge is 0.356 e. The maximum atomic E-state index is 12.7. The number of carbonyl (C=O) groups excluding carboxylic acids is 2. The number of rotatable bonds is 4. The summed E-state index contributed by atoms with van der Waals surface area (Å²) in [7, 11) is 0. The first-order valence-corrected chi connectivity index (χ1v) is 8.24. The monoisotopic (exact) mass is 351 g/mol. The third-order valence-electron chi connectivity index (χ3n) is 4.24. The van der Waals surface area contributed by atoms with E-state index >= 15 is 0 Å². The van der Waals surface area contributed by atoms with Crippen molar-refractivity contribution in [3.63, 3.8) is 0 Å². The summed E-state index contributed by atoms with van der Waals surface area (Å²) in [4.78, 5) is 24.4. The van der Waals surface area contributed by atoms with E-state index in [2.05, 4.69) is 20.8 Å². The Morgan fingerprint density at radius 1 is 1.19 bits per heavy atom. The van der Waals surface area contributed by atoms with Gasteiger partial charge in [-0.3, -0.25) is 14.0 Å². The zero-order valence-electron chi connectivity index (χ0n) is 13.8. The van der Waals surface area contributed by atoms with Gasteiger partial charge >= 0.3 is 0 Å². The van der Waals surface area contributed by atoms with Gasteiger partial charge in [-0.1, -0.05) is 36.4 Å². The summed E-state index contributed by atoms with van der Waals surface area (Å²) in [6, 6.07) is 14.3. The second-order valence-corrected chi connectivity index (χ2v) is 5.95. The minimum atomic E-state index is -0.811. The van der Waals surface area contributed by atoms with Gasteiger partial charge in [0.05, 0.1) is 12.6 Å². The lowest BCUT2D eigenvalue weighted by Crippen LogP contribution is -2.52. The topological polar surface area (TPSA) is 97.6 Å². The molecule has 1 fully saturated rings. The van der Waals surface area contributed by atoms with Gasteiger partial charge in [0.15, 0.2) is 17.6 Å². The van der Waals surface area contributed by atoms with Crippen molar-refractivity contribution in [2.24, 2.45) is 0 Å². The smallest absolute Gasteiger partial charge is 0.252 e. The summed E-state index contributed by atoms with van der Waals surface area (Å²) in [5, 5.41) is 13.8. The molecule has 3 heterocycles. The Morgan fingerprint density at radius 3 is 2.85 bits per heavy atom. The van der Waals surface area contributed by atoms with Crippen molar-refractivity contribution in [3.05, 3.63) is 66.1 Å². The van der Waals surface area contributed by atoms with Crippen LogP contribution in [0.3, 0.4) is 0 Å². The van der Waals surface area contributed by atoms with Crippen LogP contribution in [0.4, 0.5) is 0 Å². The van der Waals surface area contributed by atoms with Crippen LogP contribution in [-0.4, -0.2) is 39.1 Å². The lowest BCUT2D eigenvalue weighted by molar-refractivity contribution is -0.148. The first kappa shape index (κ1) is 16.2. The molecule has 3 aromatic rings. The maximum absolute atomic E-state index is 12.7. The molecule has 8 heteroatoms. The van der Waals surface area contributed by atoms with Crippen molar-refractivity contribution in [2.75, 3.05) is 6.61 Å². The summed E-state index contributed by atoms with van der Waals surface area (Å²) in [5.74, 6) is 0.0583. The van der Waals surface area contributed by atoms with Crippen LogP contribution in [0.1, 0.15) is 17.4 Å². The second kappa shape index (κ2) is 6.93. The first-order chi connectivity index (χ1) is 12.7. The Morgan fingerprint density at radius 2 is 2.00 bits per heavy atom. The number of ether oxygens (including phenoxy) is 1. The molecule has 26 heavy (non-hydrogen) atoms. The van der Waals surface area contributed by atoms with E-state index in [9.17, 15) is 9.59 Å². The van der Waals surface area contributed by atoms with E-state index in [-0.39, 0.29) is 25.0 Å². The molecule has 0 saturated carbocycles. The van der Waals surface area contributed by atoms with E-state index in [0.29, 0.717) is 11.5 Å². The molecule has 1 aliphatic heterocycles. The van der Waals surface area contributed by atoms with Gasteiger partial charge in [-0.15, -0.1) is 10.2 Å². The SMILES string of the molecule is O=C1CO[C@H](C(=O)NCc2nnc3ccccn23)[C@@H](c2ccccc2)N1. The number of nitrogens with one attached hydrogen (secondary N) is 2. The first-order valence-electron chi connectivity index (χ1n) is 8.24. The number of aromatic nitrogens is 3. The van der Waals surface area contributed by atoms with Crippen molar-refractivity contribution in [3.8, 4) is 0 Å². The average molecular weight is 351 g/mol. The number of hydrogen-bond acceptors (Lipinski definition) is 5. The molecule has 0 radical (unpaired) electrons. The highest BCUT2D eigenvalue weighted by Crippen LogP contribution is 2.22. The summed E-state index contributed by atoms with van der Waals surface area (Å²) in [6.45, 7) is 0.0641. The van der Waals surface area contributed by atoms with Crippen molar-refractivity contribution >= 4 is 17.5 Å². The van der Waals surface area contributed by atoms with Crippen LogP contribution >= 0.6 is 0 Å². The fourth-order valence-electron chi connectivity index (χ4n) is 2.98. The standard InChI is InChI=1S/C18H17N5O3/c24-15-11-26-17(16(20-15)12-6-2-1-3-7-12)18(25)19-10-14-22-21-13-8-4-5-9-23(13)14/h1-9,16-17H,10-11H2,(H,19,25)(H,20,24)/t16-,17+/m1/s1. The average Bonchev–Trinajstić information content (AvgIpc) is 3.10. The normalized spacial score (nSPS) is 19.9. The van der Waals surface area contributed by atoms with Gasteiger partial charge in [0.25, 0.3) is 5.91 Å². The summed E-state index contributed by atoms with van der Waals surface area (Å²) in [5.41, 5.74) is 1.52. The number of morpholine rings is 1. The van der Waals surface area contributed by atoms with E-state index in [4.69, 9.17) is 4.74 Å². The molecule has 1 saturated heterocycles. The number of fused-ring (bicyclic) bond motifs is 1. The molecule has 4 rings (SSSR count). The molecule has 2 N–H and O–H groups in total. The molecule has 8 nitrogen and oxygen atoms in total. The van der Waals surface area contributed by atoms with Crippen molar-refractivity contribution < 1.29 is 14.3 Å². The molecule has 2 aromatic heterocycles. The maximum Gasteiger partial charge on any atom is 0.252 e. The molecule has 132 valence electrons. The Balaban J connectivity index is 1.50. The lowest BCUT2D eigenvalue weighted by Gasteiger charge is -2.31. The second-order valence-electron chi connectivity index (χ2n) is 5.95. The van der Waals surface area contributed by atoms with Crippen molar-refractivity contribution in [1.82, 2.24) is 25.2 Å². The van der Waals surface area contributed by atoms with Gasteiger partial charge in [0, 0.05) is 6.20 Å². The highest BCUT2D eigenvalue weighted by Gasteiger charge is 2.35. The third-order valence-corrected chi connectivity index (χ3v) is 4.24. The highest BCUT2D eigenvalue weighted by atomic mass is 16.5. The molecule has 0 bridgehead atoms. The third kappa shape index (κ3) is 3.14. The Hall–Kier alpha value is -3.26. The molecular formula is C18H17N5O3. The molecule has 0 unspecified atom stereocenters. The van der Waals surface area contributed by atoms with Crippen LogP contribution in [0.5, 0.6) is 0 Å². The van der Waals surface area contributed by atoms with Crippen LogP contribution in [-0.2, 0) is 20.9 Å². The number of hydrogen-bond donors (Lipinski definition) is 2. The Labute approximate surface area is 149 Å². The van der Waals surface area contributed by atoms with Crippen LogP contribution in [0.25, 0.3) is 5.65 Å². The van der Waals surface area contributed by atoms with E-state index in [1.54, 1.807) is 4.40 Å². The van der Waals surface area contributed by atoms with Crippen LogP contribution in [0, 0.1) is 0 Å². The Kier molecular flexibility index (Phi) is 4.32. The minimum absolute atomic E-state index is 0.144. The van der Waals surface area contributed by atoms with Gasteiger partial charge in [0.1, 0.15) is 6.61 Å². The van der Waals surface area contributed by atoms with Gasteiger partial charge in [-0.25, -0.2) is 0 Å². The number of benzene rings is 1. The molecule has 2 amide bonds. The molecule has 1 aromatic carbocycles. The zero-order valence-corrected chi connectivity index (χ0v) is 13.8. The van der Waals surface area contributed by atoms with Crippen LogP contribution in [0.15, 0.2) is 54.7 Å². The molecule has 0 spiro atoms. The number of pyridine rings is 1. The van der Waals surface area contributed by atoms with E-state index in [1.807, 2.05) is 54.7 Å². The minimum Gasteiger partial charge on any atom is -0.356 e. The van der Waals surface area contributed by atoms with E-state index < -0.39 is 12.1 Å². The van der Waals surface area contributed by atoms with Crippen LogP contribution < -0.4 is 10.6 Å². The summed E-state index contributed by atoms with van der Waals surface area (Å²) in [6.07, 6.45) is 1.02. The quantitative estimate of drug-likeness (QED) is 0.717. The van der Waals surface area contributed by atoms with Gasteiger partial charge in [0.2, 0.25) is 5.91 Å². The van der Waals surface area contributed by atoms with Crippen molar-refractivity contribution in [1.29, 1.82) is 0 Å². The van der Waals surface area contributed by atoms with Gasteiger partial charge < -0.3 is 15.4 Å². The van der Waals surface area contributed by atoms with Crippen molar-refractivity contribution in [2.45, 2.75) is 18.7 Å². The predicted octanol–water partition coefficient (Wildman–Crippen LogP) is 0.602. The lowest BCUT2D eigenvalue weighted by atomic mass is 9.99. The van der Waals surface area contributed by atoms with Gasteiger partial charge in [-0.05, 0) is 17.7 Å². The van der Waals surface area contributed by atoms with E-state index in [1.165, 1.54) is 0 Å². The summed E-state index contributed by atoms with van der Waals surface area (Å²) < 4.78 is 7.31. The van der Waals surface area contributed by atoms with Crippen LogP contribution in [0.2, 0.25) is 0 Å². The predicted molar refractivity (Wildman–Crippen MR) is 91.9 cm³/mol. The zero-order chi connectivity index (χ0) is 17.9. The molecule has 0 aliphatic carbocycles. The molecular weight excluding hydrogens is 334 g/mol. The van der Waals surface area contributed by atoms with Gasteiger partial charge in [-0.2, -0.15) is 0 Å². The number of amides is 2. The Bertz CT molecular complexity index is 940.